The lowest BCUT2D eigenvalue weighted by Gasteiger charge is -2.10. The maximum absolute atomic E-state index is 13.0. The van der Waals surface area contributed by atoms with Crippen LogP contribution >= 0.6 is 0 Å². The summed E-state index contributed by atoms with van der Waals surface area (Å²) in [6.45, 7) is 0.461. The van der Waals surface area contributed by atoms with Crippen molar-refractivity contribution in [3.63, 3.8) is 0 Å². The zero-order valence-corrected chi connectivity index (χ0v) is 14.8. The van der Waals surface area contributed by atoms with Gasteiger partial charge >= 0.3 is 5.69 Å². The fourth-order valence-electron chi connectivity index (χ4n) is 2.98. The first-order chi connectivity index (χ1) is 13.6. The van der Waals surface area contributed by atoms with Crippen molar-refractivity contribution in [2.24, 2.45) is 0 Å². The van der Waals surface area contributed by atoms with Gasteiger partial charge in [0.2, 0.25) is 0 Å². The molecule has 0 bridgehead atoms. The van der Waals surface area contributed by atoms with Gasteiger partial charge in [-0.15, -0.1) is 4.73 Å². The molecule has 2 aromatic heterocycles. The van der Waals surface area contributed by atoms with E-state index in [9.17, 15) is 14.4 Å². The first kappa shape index (κ1) is 17.7. The van der Waals surface area contributed by atoms with Gasteiger partial charge in [0.05, 0.1) is 5.39 Å². The van der Waals surface area contributed by atoms with Gasteiger partial charge in [-0.1, -0.05) is 36.4 Å². The van der Waals surface area contributed by atoms with Gasteiger partial charge in [-0.3, -0.25) is 0 Å². The number of hydrogen-bond donors (Lipinski definition) is 2. The Morgan fingerprint density at radius 2 is 1.61 bits per heavy atom. The molecule has 4 aromatic rings. The minimum Gasteiger partial charge on any atom is -0.422 e. The number of rotatable bonds is 5. The van der Waals surface area contributed by atoms with Crippen LogP contribution in [0.25, 0.3) is 11.0 Å². The highest BCUT2D eigenvalue weighted by Gasteiger charge is 2.10. The van der Waals surface area contributed by atoms with Crippen LogP contribution in [-0.4, -0.2) is 19.9 Å². The smallest absolute Gasteiger partial charge is 0.384 e. The fourth-order valence-corrected chi connectivity index (χ4v) is 2.98. The van der Waals surface area contributed by atoms with Crippen molar-refractivity contribution in [2.75, 3.05) is 5.32 Å². The molecule has 4 rings (SSSR count). The van der Waals surface area contributed by atoms with Gasteiger partial charge in [-0.25, -0.2) is 14.2 Å². The molecule has 2 heterocycles. The van der Waals surface area contributed by atoms with E-state index in [1.807, 2.05) is 24.3 Å². The third-order valence-corrected chi connectivity index (χ3v) is 4.44. The molecule has 0 radical (unpaired) electrons. The summed E-state index contributed by atoms with van der Waals surface area (Å²) >= 11 is 0. The Morgan fingerprint density at radius 1 is 0.964 bits per heavy atom. The molecule has 0 unspecified atom stereocenters. The molecule has 0 aliphatic heterocycles. The highest BCUT2D eigenvalue weighted by Crippen LogP contribution is 2.18. The number of anilines is 1. The van der Waals surface area contributed by atoms with Gasteiger partial charge in [0.25, 0.3) is 0 Å². The lowest BCUT2D eigenvalue weighted by molar-refractivity contribution is 0.182. The molecule has 0 saturated heterocycles. The average Bonchev–Trinajstić information content (AvgIpc) is 2.72. The monoisotopic (exact) mass is 376 g/mol. The van der Waals surface area contributed by atoms with Crippen LogP contribution in [-0.2, 0) is 13.0 Å². The maximum atomic E-state index is 13.0. The van der Waals surface area contributed by atoms with Crippen LogP contribution in [0.1, 0.15) is 16.7 Å². The van der Waals surface area contributed by atoms with Gasteiger partial charge in [-0.2, -0.15) is 4.98 Å². The first-order valence-electron chi connectivity index (χ1n) is 8.73. The molecule has 0 amide bonds. The minimum atomic E-state index is -0.789. The van der Waals surface area contributed by atoms with Gasteiger partial charge in [0.1, 0.15) is 11.6 Å². The van der Waals surface area contributed by atoms with Crippen LogP contribution in [0.15, 0.2) is 71.7 Å². The summed E-state index contributed by atoms with van der Waals surface area (Å²) in [5, 5.41) is 13.4. The standard InChI is InChI=1S/C21H17FN4O2/c22-17-9-7-15(8-10-17)12-14-3-5-16(6-4-14)13-24-19-18-2-1-11-23-20(18)26(28)21(27)25-19/h1-11,28H,12-13H2,(H,24,25,27). The molecule has 2 N–H and O–H groups in total. The van der Waals surface area contributed by atoms with Crippen molar-refractivity contribution >= 4 is 16.9 Å². The van der Waals surface area contributed by atoms with Gasteiger partial charge < -0.3 is 10.5 Å². The summed E-state index contributed by atoms with van der Waals surface area (Å²) in [6, 6.07) is 17.9. The van der Waals surface area contributed by atoms with E-state index in [0.717, 1.165) is 23.1 Å². The second kappa shape index (κ2) is 7.48. The first-order valence-corrected chi connectivity index (χ1v) is 8.73. The molecular weight excluding hydrogens is 359 g/mol. The normalized spacial score (nSPS) is 10.9. The van der Waals surface area contributed by atoms with Crippen molar-refractivity contribution < 1.29 is 9.60 Å². The van der Waals surface area contributed by atoms with E-state index in [-0.39, 0.29) is 11.5 Å². The number of hydrogen-bond acceptors (Lipinski definition) is 5. The fraction of sp³-hybridized carbons (Fsp3) is 0.0952. The quantitative estimate of drug-likeness (QED) is 0.522. The molecule has 0 atom stereocenters. The Balaban J connectivity index is 1.48. The summed E-state index contributed by atoms with van der Waals surface area (Å²) in [5.41, 5.74) is 2.53. The molecule has 0 spiro atoms. The van der Waals surface area contributed by atoms with E-state index in [1.165, 1.54) is 18.3 Å². The number of aromatic nitrogens is 3. The van der Waals surface area contributed by atoms with E-state index in [2.05, 4.69) is 15.3 Å². The zero-order chi connectivity index (χ0) is 19.5. The topological polar surface area (TPSA) is 80.0 Å². The molecular formula is C21H17FN4O2. The maximum Gasteiger partial charge on any atom is 0.384 e. The molecule has 0 fully saturated rings. The van der Waals surface area contributed by atoms with Crippen molar-refractivity contribution in [3.05, 3.63) is 99.9 Å². The molecule has 0 aliphatic carbocycles. The number of halogens is 1. The lowest BCUT2D eigenvalue weighted by atomic mass is 10.0. The van der Waals surface area contributed by atoms with Gasteiger partial charge in [0, 0.05) is 12.7 Å². The Bertz CT molecular complexity index is 1170. The summed E-state index contributed by atoms with van der Waals surface area (Å²) in [4.78, 5) is 19.7. The third kappa shape index (κ3) is 3.68. The molecule has 2 aromatic carbocycles. The van der Waals surface area contributed by atoms with Crippen LogP contribution in [0.4, 0.5) is 10.2 Å². The van der Waals surface area contributed by atoms with Gasteiger partial charge in [0.15, 0.2) is 5.65 Å². The van der Waals surface area contributed by atoms with Crippen LogP contribution in [0.3, 0.4) is 0 Å². The predicted molar refractivity (Wildman–Crippen MR) is 104 cm³/mol. The Labute approximate surface area is 159 Å². The molecule has 0 saturated carbocycles. The van der Waals surface area contributed by atoms with Crippen molar-refractivity contribution in [2.45, 2.75) is 13.0 Å². The van der Waals surface area contributed by atoms with E-state index in [4.69, 9.17) is 0 Å². The van der Waals surface area contributed by atoms with E-state index in [0.29, 0.717) is 22.5 Å². The molecule has 28 heavy (non-hydrogen) atoms. The number of pyridine rings is 1. The van der Waals surface area contributed by atoms with E-state index >= 15 is 0 Å². The largest absolute Gasteiger partial charge is 0.422 e. The molecule has 140 valence electrons. The Morgan fingerprint density at radius 3 is 2.32 bits per heavy atom. The summed E-state index contributed by atoms with van der Waals surface area (Å²) in [6.07, 6.45) is 2.22. The van der Waals surface area contributed by atoms with Crippen LogP contribution in [0.5, 0.6) is 0 Å². The van der Waals surface area contributed by atoms with Gasteiger partial charge in [-0.05, 0) is 47.4 Å². The van der Waals surface area contributed by atoms with Crippen molar-refractivity contribution in [3.8, 4) is 0 Å². The lowest BCUT2D eigenvalue weighted by Crippen LogP contribution is -2.23. The average molecular weight is 376 g/mol. The second-order valence-electron chi connectivity index (χ2n) is 6.40. The summed E-state index contributed by atoms with van der Waals surface area (Å²) in [5.74, 6) is 0.129. The van der Waals surface area contributed by atoms with E-state index < -0.39 is 5.69 Å². The number of fused-ring (bicyclic) bond motifs is 1. The molecule has 6 nitrogen and oxygen atoms in total. The summed E-state index contributed by atoms with van der Waals surface area (Å²) in [7, 11) is 0. The highest BCUT2D eigenvalue weighted by atomic mass is 19.1. The van der Waals surface area contributed by atoms with Crippen LogP contribution in [0.2, 0.25) is 0 Å². The summed E-state index contributed by atoms with van der Waals surface area (Å²) < 4.78 is 13.4. The number of nitrogens with one attached hydrogen (secondary N) is 1. The van der Waals surface area contributed by atoms with Crippen LogP contribution < -0.4 is 11.0 Å². The Hall–Kier alpha value is -3.74. The highest BCUT2D eigenvalue weighted by molar-refractivity contribution is 5.86. The third-order valence-electron chi connectivity index (χ3n) is 4.44. The minimum absolute atomic E-state index is 0.152. The SMILES string of the molecule is O=c1nc(NCc2ccc(Cc3ccc(F)cc3)cc2)c2cccnc2n1O. The second-order valence-corrected chi connectivity index (χ2v) is 6.40. The molecule has 0 aliphatic rings. The molecule has 7 heteroatoms. The van der Waals surface area contributed by atoms with Crippen LogP contribution in [0, 0.1) is 5.82 Å². The van der Waals surface area contributed by atoms with Crippen molar-refractivity contribution in [1.29, 1.82) is 0 Å². The number of nitrogens with zero attached hydrogens (tertiary/aromatic N) is 3. The number of benzene rings is 2. The Kier molecular flexibility index (Phi) is 4.72. The van der Waals surface area contributed by atoms with E-state index in [1.54, 1.807) is 24.3 Å². The van der Waals surface area contributed by atoms with Crippen molar-refractivity contribution in [1.82, 2.24) is 14.7 Å². The zero-order valence-electron chi connectivity index (χ0n) is 14.8. The predicted octanol–water partition coefficient (Wildman–Crippen LogP) is 3.37.